The Hall–Kier alpha value is -2.70. The second-order valence-electron chi connectivity index (χ2n) is 5.22. The first kappa shape index (κ1) is 16.2. The zero-order valence-electron chi connectivity index (χ0n) is 12.5. The van der Waals surface area contributed by atoms with E-state index in [9.17, 15) is 14.7 Å². The fourth-order valence-electron chi connectivity index (χ4n) is 2.36. The number of aliphatic hydroxyl groups excluding tert-OH is 1. The van der Waals surface area contributed by atoms with Crippen molar-refractivity contribution < 1.29 is 14.7 Å². The predicted octanol–water partition coefficient (Wildman–Crippen LogP) is 2.19. The van der Waals surface area contributed by atoms with E-state index in [-0.39, 0.29) is 11.5 Å². The first-order valence-corrected chi connectivity index (χ1v) is 7.61. The molecule has 3 N–H and O–H groups in total. The number of benzene rings is 1. The number of aliphatic hydroxyl groups is 1. The van der Waals surface area contributed by atoms with E-state index in [1.807, 2.05) is 0 Å². The van der Waals surface area contributed by atoms with Gasteiger partial charge in [-0.15, -0.1) is 0 Å². The van der Waals surface area contributed by atoms with Crippen LogP contribution in [-0.2, 0) is 0 Å². The number of halogens is 1. The molecular formula is C17H14ClN3O3. The maximum absolute atomic E-state index is 12.3. The van der Waals surface area contributed by atoms with Crippen molar-refractivity contribution in [2.24, 2.45) is 0 Å². The minimum atomic E-state index is -1.02. The van der Waals surface area contributed by atoms with Gasteiger partial charge in [0.05, 0.1) is 18.3 Å². The van der Waals surface area contributed by atoms with Crippen LogP contribution in [0.4, 0.5) is 0 Å². The molecule has 2 aromatic heterocycles. The highest BCUT2D eigenvalue weighted by molar-refractivity contribution is 6.30. The van der Waals surface area contributed by atoms with Gasteiger partial charge in [-0.3, -0.25) is 9.59 Å². The average molecular weight is 344 g/mol. The van der Waals surface area contributed by atoms with Gasteiger partial charge in [0.15, 0.2) is 5.78 Å². The lowest BCUT2D eigenvalue weighted by Crippen LogP contribution is -2.43. The van der Waals surface area contributed by atoms with E-state index in [4.69, 9.17) is 11.6 Å². The lowest BCUT2D eigenvalue weighted by molar-refractivity contribution is 0.0811. The molecule has 6 nitrogen and oxygen atoms in total. The Balaban J connectivity index is 1.79. The Bertz CT molecular complexity index is 892. The highest BCUT2D eigenvalue weighted by Gasteiger charge is 2.22. The summed E-state index contributed by atoms with van der Waals surface area (Å²) in [5.74, 6) is -0.849. The number of pyridine rings is 1. The minimum Gasteiger partial charge on any atom is -0.394 e. The number of aromatic amines is 1. The molecule has 122 valence electrons. The Morgan fingerprint density at radius 3 is 2.71 bits per heavy atom. The van der Waals surface area contributed by atoms with Crippen molar-refractivity contribution in [3.63, 3.8) is 0 Å². The third kappa shape index (κ3) is 3.29. The van der Waals surface area contributed by atoms with Crippen LogP contribution in [0, 0.1) is 0 Å². The van der Waals surface area contributed by atoms with Crippen molar-refractivity contribution in [1.82, 2.24) is 15.3 Å². The molecule has 0 fully saturated rings. The number of fused-ring (bicyclic) bond motifs is 1. The third-order valence-corrected chi connectivity index (χ3v) is 3.79. The van der Waals surface area contributed by atoms with Gasteiger partial charge >= 0.3 is 0 Å². The number of carbonyl (C=O) groups excluding carboxylic acids is 2. The van der Waals surface area contributed by atoms with E-state index < -0.39 is 18.6 Å². The summed E-state index contributed by atoms with van der Waals surface area (Å²) in [5.41, 5.74) is 1.33. The van der Waals surface area contributed by atoms with Gasteiger partial charge in [0.1, 0.15) is 16.9 Å². The number of rotatable bonds is 5. The number of H-pyrrole nitrogens is 1. The van der Waals surface area contributed by atoms with Gasteiger partial charge in [-0.1, -0.05) is 41.9 Å². The molecule has 0 aliphatic rings. The van der Waals surface area contributed by atoms with Gasteiger partial charge in [-0.2, -0.15) is 0 Å². The highest BCUT2D eigenvalue weighted by atomic mass is 35.5. The fourth-order valence-corrected chi connectivity index (χ4v) is 2.53. The molecule has 3 rings (SSSR count). The molecule has 7 heteroatoms. The minimum absolute atomic E-state index is 0.258. The lowest BCUT2D eigenvalue weighted by Gasteiger charge is -2.14. The summed E-state index contributed by atoms with van der Waals surface area (Å²) in [7, 11) is 0. The highest BCUT2D eigenvalue weighted by Crippen LogP contribution is 2.18. The largest absolute Gasteiger partial charge is 0.394 e. The SMILES string of the molecule is O=C(N[C@@H](CO)C(=O)c1ccccc1)c1cc2cc(Cl)ncc2[nH]1. The van der Waals surface area contributed by atoms with Crippen LogP contribution < -0.4 is 5.32 Å². The van der Waals surface area contributed by atoms with Crippen LogP contribution >= 0.6 is 11.6 Å². The lowest BCUT2D eigenvalue weighted by atomic mass is 10.0. The molecule has 0 unspecified atom stereocenters. The molecule has 0 saturated heterocycles. The van der Waals surface area contributed by atoms with Crippen molar-refractivity contribution in [2.45, 2.75) is 6.04 Å². The van der Waals surface area contributed by atoms with Crippen molar-refractivity contribution in [3.8, 4) is 0 Å². The molecule has 0 aliphatic carbocycles. The van der Waals surface area contributed by atoms with Crippen molar-refractivity contribution >= 4 is 34.2 Å². The third-order valence-electron chi connectivity index (χ3n) is 3.58. The fraction of sp³-hybridized carbons (Fsp3) is 0.118. The number of aromatic nitrogens is 2. The van der Waals surface area contributed by atoms with E-state index in [0.29, 0.717) is 16.2 Å². The van der Waals surface area contributed by atoms with Crippen molar-refractivity contribution in [1.29, 1.82) is 0 Å². The molecule has 0 bridgehead atoms. The van der Waals surface area contributed by atoms with Crippen molar-refractivity contribution in [3.05, 3.63) is 65.1 Å². The normalized spacial score (nSPS) is 12.1. The maximum atomic E-state index is 12.3. The van der Waals surface area contributed by atoms with Crippen LogP contribution in [0.1, 0.15) is 20.8 Å². The second kappa shape index (κ2) is 6.82. The van der Waals surface area contributed by atoms with Crippen LogP contribution in [-0.4, -0.2) is 39.4 Å². The summed E-state index contributed by atoms with van der Waals surface area (Å²) in [6.07, 6.45) is 1.52. The predicted molar refractivity (Wildman–Crippen MR) is 90.2 cm³/mol. The second-order valence-corrected chi connectivity index (χ2v) is 5.60. The van der Waals surface area contributed by atoms with Gasteiger partial charge in [-0.05, 0) is 12.1 Å². The number of hydrogen-bond donors (Lipinski definition) is 3. The summed E-state index contributed by atoms with van der Waals surface area (Å²) >= 11 is 5.82. The van der Waals surface area contributed by atoms with Crippen LogP contribution in [0.3, 0.4) is 0 Å². The number of nitrogens with zero attached hydrogens (tertiary/aromatic N) is 1. The van der Waals surface area contributed by atoms with E-state index >= 15 is 0 Å². The number of ketones is 1. The van der Waals surface area contributed by atoms with E-state index in [1.54, 1.807) is 42.5 Å². The number of amides is 1. The Labute approximate surface area is 142 Å². The number of Topliss-reactive ketones (excluding diaryl/α,β-unsaturated/α-hetero) is 1. The maximum Gasteiger partial charge on any atom is 0.268 e. The Kier molecular flexibility index (Phi) is 4.59. The molecule has 1 atom stereocenters. The molecule has 24 heavy (non-hydrogen) atoms. The molecule has 0 aliphatic heterocycles. The number of hydrogen-bond acceptors (Lipinski definition) is 4. The zero-order chi connectivity index (χ0) is 17.1. The van der Waals surface area contributed by atoms with E-state index in [0.717, 1.165) is 5.39 Å². The van der Waals surface area contributed by atoms with E-state index in [2.05, 4.69) is 15.3 Å². The number of nitrogens with one attached hydrogen (secondary N) is 2. The quantitative estimate of drug-likeness (QED) is 0.489. The van der Waals surface area contributed by atoms with Crippen LogP contribution in [0.5, 0.6) is 0 Å². The van der Waals surface area contributed by atoms with Gasteiger partial charge < -0.3 is 15.4 Å². The Morgan fingerprint density at radius 2 is 2.00 bits per heavy atom. The number of carbonyl (C=O) groups is 2. The van der Waals surface area contributed by atoms with E-state index in [1.165, 1.54) is 6.20 Å². The van der Waals surface area contributed by atoms with Gasteiger partial charge in [-0.25, -0.2) is 4.98 Å². The molecule has 0 spiro atoms. The summed E-state index contributed by atoms with van der Waals surface area (Å²) < 4.78 is 0. The van der Waals surface area contributed by atoms with Crippen molar-refractivity contribution in [2.75, 3.05) is 6.61 Å². The first-order chi connectivity index (χ1) is 11.6. The smallest absolute Gasteiger partial charge is 0.268 e. The Morgan fingerprint density at radius 1 is 1.25 bits per heavy atom. The summed E-state index contributed by atoms with van der Waals surface area (Å²) in [6.45, 7) is -0.493. The van der Waals surface area contributed by atoms with Crippen LogP contribution in [0.25, 0.3) is 10.9 Å². The molecule has 1 aromatic carbocycles. The van der Waals surface area contributed by atoms with Gasteiger partial charge in [0.25, 0.3) is 5.91 Å². The molecular weight excluding hydrogens is 330 g/mol. The molecule has 3 aromatic rings. The molecule has 1 amide bonds. The summed E-state index contributed by atoms with van der Waals surface area (Å²) in [4.78, 5) is 31.5. The molecule has 2 heterocycles. The summed E-state index contributed by atoms with van der Waals surface area (Å²) in [5, 5.41) is 13.0. The van der Waals surface area contributed by atoms with Crippen LogP contribution in [0.2, 0.25) is 5.15 Å². The van der Waals surface area contributed by atoms with Crippen LogP contribution in [0.15, 0.2) is 48.7 Å². The topological polar surface area (TPSA) is 95.1 Å². The molecule has 0 radical (unpaired) electrons. The summed E-state index contributed by atoms with van der Waals surface area (Å²) in [6, 6.07) is 10.7. The average Bonchev–Trinajstić information content (AvgIpc) is 3.03. The molecule has 0 saturated carbocycles. The monoisotopic (exact) mass is 343 g/mol. The van der Waals surface area contributed by atoms with Gasteiger partial charge in [0.2, 0.25) is 0 Å². The standard InChI is InChI=1S/C17H14ClN3O3/c18-15-7-11-6-12(20-13(11)8-19-15)17(24)21-14(9-22)16(23)10-4-2-1-3-5-10/h1-8,14,20,22H,9H2,(H,21,24)/t14-/m0/s1. The zero-order valence-corrected chi connectivity index (χ0v) is 13.2. The first-order valence-electron chi connectivity index (χ1n) is 7.23. The van der Waals surface area contributed by atoms with Gasteiger partial charge in [0, 0.05) is 10.9 Å².